The van der Waals surface area contributed by atoms with Crippen LogP contribution in [0.2, 0.25) is 0 Å². The van der Waals surface area contributed by atoms with Gasteiger partial charge in [-0.15, -0.1) is 0 Å². The van der Waals surface area contributed by atoms with Crippen LogP contribution >= 0.6 is 0 Å². The van der Waals surface area contributed by atoms with E-state index < -0.39 is 9.84 Å². The molecule has 0 bridgehead atoms. The van der Waals surface area contributed by atoms with Crippen LogP contribution in [0.5, 0.6) is 5.75 Å². The summed E-state index contributed by atoms with van der Waals surface area (Å²) in [7, 11) is -1.80. The van der Waals surface area contributed by atoms with Gasteiger partial charge in [0.15, 0.2) is 9.84 Å². The number of aliphatic hydroxyl groups excluding tert-OH is 1. The van der Waals surface area contributed by atoms with E-state index in [1.165, 1.54) is 6.26 Å². The third kappa shape index (κ3) is 6.53. The molecule has 0 radical (unpaired) electrons. The summed E-state index contributed by atoms with van der Waals surface area (Å²) >= 11 is 0. The van der Waals surface area contributed by atoms with Gasteiger partial charge in [-0.1, -0.05) is 24.3 Å². The number of nitrogens with one attached hydrogen (secondary N) is 2. The molecule has 0 aliphatic carbocycles. The zero-order chi connectivity index (χ0) is 30.0. The van der Waals surface area contributed by atoms with Crippen LogP contribution in [-0.4, -0.2) is 80.1 Å². The summed E-state index contributed by atoms with van der Waals surface area (Å²) in [4.78, 5) is 14.6. The predicted molar refractivity (Wildman–Crippen MR) is 171 cm³/mol. The van der Waals surface area contributed by atoms with Crippen LogP contribution in [0.25, 0.3) is 10.9 Å². The first-order valence-corrected chi connectivity index (χ1v) is 16.6. The number of hydrogen-bond acceptors (Lipinski definition) is 10. The molecule has 226 valence electrons. The van der Waals surface area contributed by atoms with Crippen molar-refractivity contribution < 1.29 is 18.3 Å². The average molecular weight is 603 g/mol. The summed E-state index contributed by atoms with van der Waals surface area (Å²) in [5.41, 5.74) is 2.99. The number of anilines is 5. The van der Waals surface area contributed by atoms with E-state index in [4.69, 9.17) is 14.7 Å². The predicted octanol–water partition coefficient (Wildman–Crippen LogP) is 4.95. The molecule has 2 saturated heterocycles. The van der Waals surface area contributed by atoms with Gasteiger partial charge >= 0.3 is 0 Å². The van der Waals surface area contributed by atoms with Crippen molar-refractivity contribution in [3.05, 3.63) is 66.7 Å². The minimum atomic E-state index is -3.45. The molecule has 2 aliphatic rings. The lowest BCUT2D eigenvalue weighted by Crippen LogP contribution is -2.48. The smallest absolute Gasteiger partial charge is 0.229 e. The number of hydrogen-bond donors (Lipinski definition) is 3. The van der Waals surface area contributed by atoms with Gasteiger partial charge < -0.3 is 30.3 Å². The van der Waals surface area contributed by atoms with Gasteiger partial charge in [0.05, 0.1) is 35.0 Å². The fraction of sp³-hybridized carbons (Fsp3) is 0.375. The van der Waals surface area contributed by atoms with Crippen LogP contribution in [0.15, 0.2) is 71.6 Å². The lowest BCUT2D eigenvalue weighted by molar-refractivity contribution is 0.0542. The Balaban J connectivity index is 1.22. The molecular weight excluding hydrogens is 564 g/mol. The first kappa shape index (κ1) is 29.2. The second-order valence-electron chi connectivity index (χ2n) is 11.3. The number of likely N-dealkylation sites (tertiary alicyclic amines) is 1. The molecule has 43 heavy (non-hydrogen) atoms. The van der Waals surface area contributed by atoms with E-state index in [2.05, 4.69) is 26.5 Å². The normalized spacial score (nSPS) is 17.2. The third-order valence-electron chi connectivity index (χ3n) is 8.42. The maximum absolute atomic E-state index is 12.4. The van der Waals surface area contributed by atoms with Crippen molar-refractivity contribution in [1.29, 1.82) is 0 Å². The molecule has 2 fully saturated rings. The van der Waals surface area contributed by atoms with Crippen molar-refractivity contribution in [3.8, 4) is 5.75 Å². The molecule has 11 heteroatoms. The molecule has 0 unspecified atom stereocenters. The maximum atomic E-state index is 12.4. The topological polar surface area (TPSA) is 120 Å². The molecule has 0 spiro atoms. The summed E-state index contributed by atoms with van der Waals surface area (Å²) < 4.78 is 30.6. The Morgan fingerprint density at radius 3 is 2.33 bits per heavy atom. The minimum absolute atomic E-state index is 0.143. The van der Waals surface area contributed by atoms with Crippen LogP contribution in [0.1, 0.15) is 25.7 Å². The quantitative estimate of drug-likeness (QED) is 0.255. The standard InChI is InChI=1S/C32H38N6O4S/c1-42-29-21-23(38-17-13-22(14-18-38)37-19-15-24(39)16-20-37)11-12-27(29)35-32-34-26-8-4-3-7-25(26)31(36-32)33-28-9-5-6-10-30(28)43(2,40)41/h3-12,21-22,24,39H,13-20H2,1-2H3,(H2,33,34,35,36). The number of aliphatic hydroxyl groups is 1. The fourth-order valence-electron chi connectivity index (χ4n) is 6.09. The molecule has 3 N–H and O–H groups in total. The minimum Gasteiger partial charge on any atom is -0.494 e. The van der Waals surface area contributed by atoms with E-state index in [1.807, 2.05) is 36.4 Å². The Morgan fingerprint density at radius 2 is 1.58 bits per heavy atom. The van der Waals surface area contributed by atoms with Crippen molar-refractivity contribution in [2.24, 2.45) is 0 Å². The Labute approximate surface area is 252 Å². The molecule has 0 saturated carbocycles. The Kier molecular flexibility index (Phi) is 8.38. The second kappa shape index (κ2) is 12.4. The molecule has 1 aromatic heterocycles. The number of rotatable bonds is 8. The van der Waals surface area contributed by atoms with Crippen LogP contribution in [-0.2, 0) is 9.84 Å². The van der Waals surface area contributed by atoms with Crippen molar-refractivity contribution in [1.82, 2.24) is 14.9 Å². The van der Waals surface area contributed by atoms with Crippen LogP contribution in [0, 0.1) is 0 Å². The Bertz CT molecular complexity index is 1700. The van der Waals surface area contributed by atoms with E-state index in [-0.39, 0.29) is 11.0 Å². The van der Waals surface area contributed by atoms with Gasteiger partial charge in [-0.25, -0.2) is 13.4 Å². The van der Waals surface area contributed by atoms with Crippen LogP contribution < -0.4 is 20.3 Å². The number of nitrogens with zero attached hydrogens (tertiary/aromatic N) is 4. The van der Waals surface area contributed by atoms with Crippen molar-refractivity contribution in [3.63, 3.8) is 0 Å². The first-order valence-electron chi connectivity index (χ1n) is 14.7. The van der Waals surface area contributed by atoms with E-state index in [1.54, 1.807) is 31.4 Å². The molecule has 6 rings (SSSR count). The molecule has 2 aliphatic heterocycles. The maximum Gasteiger partial charge on any atom is 0.229 e. The van der Waals surface area contributed by atoms with Crippen LogP contribution in [0.3, 0.4) is 0 Å². The molecular formula is C32H38N6O4S. The van der Waals surface area contributed by atoms with Crippen molar-refractivity contribution in [2.75, 3.05) is 55.1 Å². The molecule has 3 aromatic carbocycles. The molecule has 3 heterocycles. The number of para-hydroxylation sites is 2. The highest BCUT2D eigenvalue weighted by Gasteiger charge is 2.28. The fourth-order valence-corrected chi connectivity index (χ4v) is 6.93. The van der Waals surface area contributed by atoms with E-state index in [0.717, 1.165) is 68.6 Å². The van der Waals surface area contributed by atoms with Gasteiger partial charge in [0.25, 0.3) is 0 Å². The zero-order valence-electron chi connectivity index (χ0n) is 24.5. The lowest BCUT2D eigenvalue weighted by Gasteiger charge is -2.41. The summed E-state index contributed by atoms with van der Waals surface area (Å²) in [6.45, 7) is 3.91. The summed E-state index contributed by atoms with van der Waals surface area (Å²) in [5, 5.41) is 17.2. The Hall–Kier alpha value is -3.93. The molecule has 0 amide bonds. The van der Waals surface area contributed by atoms with Gasteiger partial charge in [-0.2, -0.15) is 4.98 Å². The number of fused-ring (bicyclic) bond motifs is 1. The van der Waals surface area contributed by atoms with E-state index in [9.17, 15) is 13.5 Å². The summed E-state index contributed by atoms with van der Waals surface area (Å²) in [6.07, 6.45) is 4.99. The molecule has 0 atom stereocenters. The SMILES string of the molecule is COc1cc(N2CCC(N3CCC(O)CC3)CC2)ccc1Nc1nc(Nc2ccccc2S(C)(=O)=O)c2ccccc2n1. The largest absolute Gasteiger partial charge is 0.494 e. The highest BCUT2D eigenvalue weighted by molar-refractivity contribution is 7.90. The van der Waals surface area contributed by atoms with Gasteiger partial charge in [0.1, 0.15) is 11.6 Å². The highest BCUT2D eigenvalue weighted by Crippen LogP contribution is 2.35. The number of aromatic nitrogens is 2. The van der Waals surface area contributed by atoms with E-state index >= 15 is 0 Å². The average Bonchev–Trinajstić information content (AvgIpc) is 3.01. The van der Waals surface area contributed by atoms with Gasteiger partial charge in [-0.05, 0) is 62.1 Å². The highest BCUT2D eigenvalue weighted by atomic mass is 32.2. The van der Waals surface area contributed by atoms with Gasteiger partial charge in [0, 0.05) is 55.6 Å². The van der Waals surface area contributed by atoms with E-state index in [0.29, 0.717) is 34.8 Å². The van der Waals surface area contributed by atoms with Crippen molar-refractivity contribution >= 4 is 49.6 Å². The first-order chi connectivity index (χ1) is 20.8. The number of sulfone groups is 1. The number of benzene rings is 3. The van der Waals surface area contributed by atoms with Crippen LogP contribution in [0.4, 0.5) is 28.8 Å². The molecule has 10 nitrogen and oxygen atoms in total. The molecule has 4 aromatic rings. The van der Waals surface area contributed by atoms with Gasteiger partial charge in [0.2, 0.25) is 5.95 Å². The zero-order valence-corrected chi connectivity index (χ0v) is 25.3. The monoisotopic (exact) mass is 602 g/mol. The number of ether oxygens (including phenoxy) is 1. The number of piperidine rings is 2. The second-order valence-corrected chi connectivity index (χ2v) is 13.3. The Morgan fingerprint density at radius 1 is 0.860 bits per heavy atom. The van der Waals surface area contributed by atoms with Crippen molar-refractivity contribution in [2.45, 2.75) is 42.7 Å². The lowest BCUT2D eigenvalue weighted by atomic mass is 9.98. The summed E-state index contributed by atoms with van der Waals surface area (Å²) in [6, 6.07) is 21.1. The van der Waals surface area contributed by atoms with Gasteiger partial charge in [-0.3, -0.25) is 0 Å². The summed E-state index contributed by atoms with van der Waals surface area (Å²) in [5.74, 6) is 1.53. The third-order valence-corrected chi connectivity index (χ3v) is 9.57. The number of methoxy groups -OCH3 is 1.